The van der Waals surface area contributed by atoms with Crippen LogP contribution in [0.15, 0.2) is 64.0 Å². The van der Waals surface area contributed by atoms with Crippen LogP contribution in [0.1, 0.15) is 18.9 Å². The summed E-state index contributed by atoms with van der Waals surface area (Å²) in [7, 11) is 0. The Labute approximate surface area is 144 Å². The summed E-state index contributed by atoms with van der Waals surface area (Å²) in [5.74, 6) is 0.173. The van der Waals surface area contributed by atoms with Crippen LogP contribution >= 0.6 is 22.6 Å². The largest absolute Gasteiger partial charge is 0.376 e. The molecule has 0 aromatic heterocycles. The van der Waals surface area contributed by atoms with Crippen LogP contribution in [0.25, 0.3) is 0 Å². The molecule has 3 rings (SSSR count). The predicted molar refractivity (Wildman–Crippen MR) is 95.3 cm³/mol. The molecular weight excluding hydrogens is 389 g/mol. The fraction of sp³-hybridized carbons (Fsp3) is 0.278. The van der Waals surface area contributed by atoms with E-state index in [1.807, 2.05) is 49.6 Å². The van der Waals surface area contributed by atoms with Crippen molar-refractivity contribution in [2.45, 2.75) is 25.5 Å². The molecule has 0 fully saturated rings. The molecule has 3 nitrogen and oxygen atoms in total. The molecule has 114 valence electrons. The lowest BCUT2D eigenvalue weighted by atomic mass is 9.95. The highest BCUT2D eigenvalue weighted by atomic mass is 127. The fourth-order valence-electron chi connectivity index (χ4n) is 2.79. The molecule has 22 heavy (non-hydrogen) atoms. The van der Waals surface area contributed by atoms with Crippen molar-refractivity contribution in [2.75, 3.05) is 6.61 Å². The summed E-state index contributed by atoms with van der Waals surface area (Å²) in [6.07, 6.45) is 8.59. The van der Waals surface area contributed by atoms with Crippen LogP contribution in [-0.2, 0) is 16.1 Å². The van der Waals surface area contributed by atoms with Crippen molar-refractivity contribution in [2.24, 2.45) is 0 Å². The van der Waals surface area contributed by atoms with E-state index in [0.717, 1.165) is 15.7 Å². The van der Waals surface area contributed by atoms with E-state index in [1.165, 1.54) is 5.56 Å². The molecule has 0 saturated carbocycles. The molecule has 1 atom stereocenters. The summed E-state index contributed by atoms with van der Waals surface area (Å²) in [5, 5.41) is 0. The van der Waals surface area contributed by atoms with E-state index in [-0.39, 0.29) is 5.78 Å². The van der Waals surface area contributed by atoms with Gasteiger partial charge in [0, 0.05) is 18.3 Å². The summed E-state index contributed by atoms with van der Waals surface area (Å²) in [5.41, 5.74) is 1.67. The average molecular weight is 407 g/mol. The minimum absolute atomic E-state index is 0.173. The normalized spacial score (nSPS) is 23.4. The van der Waals surface area contributed by atoms with Crippen LogP contribution in [0.5, 0.6) is 0 Å². The van der Waals surface area contributed by atoms with Gasteiger partial charge in [-0.15, -0.1) is 0 Å². The number of Topliss-reactive ketones (excluding diaryl/α,β-unsaturated/α-hetero) is 1. The Bertz CT molecular complexity index is 663. The van der Waals surface area contributed by atoms with Gasteiger partial charge in [0.2, 0.25) is 0 Å². The number of hydrogen-bond donors (Lipinski definition) is 0. The molecule has 4 heteroatoms. The molecule has 0 radical (unpaired) electrons. The lowest BCUT2D eigenvalue weighted by Gasteiger charge is -2.34. The SMILES string of the molecule is CC12C=CC=CN1C(CCOCc1ccccc1)=C(I)C2=O. The van der Waals surface area contributed by atoms with Gasteiger partial charge in [0.05, 0.1) is 16.8 Å². The van der Waals surface area contributed by atoms with Crippen molar-refractivity contribution in [3.63, 3.8) is 0 Å². The predicted octanol–water partition coefficient (Wildman–Crippen LogP) is 3.97. The Morgan fingerprint density at radius 1 is 1.23 bits per heavy atom. The summed E-state index contributed by atoms with van der Waals surface area (Å²) < 4.78 is 6.58. The molecule has 2 heterocycles. The second-order valence-electron chi connectivity index (χ2n) is 5.60. The minimum Gasteiger partial charge on any atom is -0.376 e. The van der Waals surface area contributed by atoms with E-state index < -0.39 is 5.54 Å². The molecule has 0 spiro atoms. The maximum absolute atomic E-state index is 12.5. The summed E-state index contributed by atoms with van der Waals surface area (Å²) in [4.78, 5) is 14.6. The maximum Gasteiger partial charge on any atom is 0.200 e. The first-order valence-corrected chi connectivity index (χ1v) is 8.41. The lowest BCUT2D eigenvalue weighted by molar-refractivity contribution is -0.119. The Balaban J connectivity index is 1.61. The zero-order valence-corrected chi connectivity index (χ0v) is 14.6. The third kappa shape index (κ3) is 2.77. The second-order valence-corrected chi connectivity index (χ2v) is 6.67. The van der Waals surface area contributed by atoms with Crippen LogP contribution in [0, 0.1) is 0 Å². The van der Waals surface area contributed by atoms with Gasteiger partial charge >= 0.3 is 0 Å². The monoisotopic (exact) mass is 407 g/mol. The first-order chi connectivity index (χ1) is 10.6. The molecule has 0 N–H and O–H groups in total. The van der Waals surface area contributed by atoms with Crippen molar-refractivity contribution >= 4 is 28.4 Å². The Hall–Kier alpha value is -1.40. The first-order valence-electron chi connectivity index (χ1n) is 7.33. The number of rotatable bonds is 5. The summed E-state index contributed by atoms with van der Waals surface area (Å²) in [6, 6.07) is 10.1. The first kappa shape index (κ1) is 15.5. The van der Waals surface area contributed by atoms with E-state index >= 15 is 0 Å². The number of allylic oxidation sites excluding steroid dienone is 2. The summed E-state index contributed by atoms with van der Waals surface area (Å²) >= 11 is 2.16. The molecule has 0 bridgehead atoms. The van der Waals surface area contributed by atoms with E-state index in [1.54, 1.807) is 0 Å². The fourth-order valence-corrected chi connectivity index (χ4v) is 3.87. The van der Waals surface area contributed by atoms with Crippen molar-refractivity contribution < 1.29 is 9.53 Å². The van der Waals surface area contributed by atoms with E-state index in [9.17, 15) is 4.79 Å². The molecular formula is C18H18INO2. The van der Waals surface area contributed by atoms with Gasteiger partial charge < -0.3 is 9.64 Å². The molecule has 2 aliphatic heterocycles. The quantitative estimate of drug-likeness (QED) is 0.547. The van der Waals surface area contributed by atoms with E-state index in [4.69, 9.17) is 4.74 Å². The number of halogens is 1. The number of ether oxygens (including phenoxy) is 1. The van der Waals surface area contributed by atoms with Crippen molar-refractivity contribution in [3.05, 3.63) is 69.6 Å². The third-order valence-corrected chi connectivity index (χ3v) is 5.18. The molecule has 1 aromatic carbocycles. The number of benzene rings is 1. The van der Waals surface area contributed by atoms with E-state index in [2.05, 4.69) is 39.6 Å². The number of hydrogen-bond acceptors (Lipinski definition) is 3. The Morgan fingerprint density at radius 2 is 2.00 bits per heavy atom. The van der Waals surface area contributed by atoms with Gasteiger partial charge in [-0.3, -0.25) is 4.79 Å². The Kier molecular flexibility index (Phi) is 4.49. The molecule has 0 amide bonds. The molecule has 1 unspecified atom stereocenters. The van der Waals surface area contributed by atoms with Crippen molar-refractivity contribution in [1.29, 1.82) is 0 Å². The average Bonchev–Trinajstić information content (AvgIpc) is 2.73. The van der Waals surface area contributed by atoms with Gasteiger partial charge in [0.1, 0.15) is 5.54 Å². The lowest BCUT2D eigenvalue weighted by Crippen LogP contribution is -2.43. The maximum atomic E-state index is 12.5. The standard InChI is InChI=1S/C18H18INO2/c1-18-10-5-6-11-20(18)15(16(19)17(18)21)9-12-22-13-14-7-3-2-4-8-14/h2-8,10-11H,9,12-13H2,1H3. The zero-order chi connectivity index (χ0) is 15.6. The van der Waals surface area contributed by atoms with Crippen LogP contribution < -0.4 is 0 Å². The third-order valence-electron chi connectivity index (χ3n) is 4.07. The van der Waals surface area contributed by atoms with Crippen molar-refractivity contribution in [3.8, 4) is 0 Å². The van der Waals surface area contributed by atoms with Crippen LogP contribution in [0.4, 0.5) is 0 Å². The molecule has 0 aliphatic carbocycles. The van der Waals surface area contributed by atoms with E-state index in [0.29, 0.717) is 13.2 Å². The highest BCUT2D eigenvalue weighted by Crippen LogP contribution is 2.41. The summed E-state index contributed by atoms with van der Waals surface area (Å²) in [6.45, 7) is 3.17. The van der Waals surface area contributed by atoms with Gasteiger partial charge in [-0.25, -0.2) is 0 Å². The van der Waals surface area contributed by atoms with Crippen LogP contribution in [0.2, 0.25) is 0 Å². The van der Waals surface area contributed by atoms with Crippen LogP contribution in [0.3, 0.4) is 0 Å². The topological polar surface area (TPSA) is 29.5 Å². The minimum atomic E-state index is -0.556. The molecule has 0 saturated heterocycles. The smallest absolute Gasteiger partial charge is 0.200 e. The number of nitrogens with zero attached hydrogens (tertiary/aromatic N) is 1. The highest BCUT2D eigenvalue weighted by Gasteiger charge is 2.46. The number of ketones is 1. The zero-order valence-electron chi connectivity index (χ0n) is 12.5. The number of carbonyl (C=O) groups excluding carboxylic acids is 1. The van der Waals surface area contributed by atoms with Crippen molar-refractivity contribution in [1.82, 2.24) is 4.90 Å². The van der Waals surface area contributed by atoms with Crippen LogP contribution in [-0.4, -0.2) is 22.8 Å². The van der Waals surface area contributed by atoms with Gasteiger partial charge in [0.25, 0.3) is 0 Å². The Morgan fingerprint density at radius 3 is 2.77 bits per heavy atom. The molecule has 2 aliphatic rings. The second kappa shape index (κ2) is 6.38. The van der Waals surface area contributed by atoms with Gasteiger partial charge in [-0.05, 0) is 41.2 Å². The van der Waals surface area contributed by atoms with Gasteiger partial charge in [0.15, 0.2) is 5.78 Å². The van der Waals surface area contributed by atoms with Gasteiger partial charge in [-0.1, -0.05) is 42.5 Å². The number of carbonyl (C=O) groups is 1. The van der Waals surface area contributed by atoms with Gasteiger partial charge in [-0.2, -0.15) is 0 Å². The highest BCUT2D eigenvalue weighted by molar-refractivity contribution is 14.1. The molecule has 1 aromatic rings. The number of fused-ring (bicyclic) bond motifs is 1.